The van der Waals surface area contributed by atoms with E-state index in [1.165, 1.54) is 6.92 Å². The third-order valence-electron chi connectivity index (χ3n) is 4.01. The van der Waals surface area contributed by atoms with Gasteiger partial charge in [-0.3, -0.25) is 9.59 Å². The summed E-state index contributed by atoms with van der Waals surface area (Å²) in [5.74, 6) is 0.556. The second-order valence-electron chi connectivity index (χ2n) is 5.89. The van der Waals surface area contributed by atoms with E-state index in [1.807, 2.05) is 24.3 Å². The Balaban J connectivity index is 1.86. The molecule has 1 N–H and O–H groups in total. The first-order valence-electron chi connectivity index (χ1n) is 8.42. The molecule has 138 valence electrons. The molecule has 2 rings (SSSR count). The van der Waals surface area contributed by atoms with Crippen molar-refractivity contribution in [3.8, 4) is 5.75 Å². The average Bonchev–Trinajstić information content (AvgIpc) is 2.63. The van der Waals surface area contributed by atoms with Gasteiger partial charge < -0.3 is 15.0 Å². The summed E-state index contributed by atoms with van der Waals surface area (Å²) in [4.78, 5) is 25.7. The molecule has 6 heteroatoms. The molecule has 0 atom stereocenters. The van der Waals surface area contributed by atoms with Crippen LogP contribution < -0.4 is 10.1 Å². The predicted molar refractivity (Wildman–Crippen MR) is 104 cm³/mol. The first-order chi connectivity index (χ1) is 12.5. The van der Waals surface area contributed by atoms with Gasteiger partial charge in [0.25, 0.3) is 0 Å². The van der Waals surface area contributed by atoms with Crippen LogP contribution >= 0.6 is 11.6 Å². The number of ether oxygens (including phenoxy) is 1. The Morgan fingerprint density at radius 2 is 1.88 bits per heavy atom. The van der Waals surface area contributed by atoms with Gasteiger partial charge in [-0.1, -0.05) is 35.9 Å². The number of methoxy groups -OCH3 is 1. The van der Waals surface area contributed by atoms with E-state index in [2.05, 4.69) is 5.32 Å². The maximum absolute atomic E-state index is 12.1. The number of halogens is 1. The molecule has 0 unspecified atom stereocenters. The van der Waals surface area contributed by atoms with E-state index in [1.54, 1.807) is 36.3 Å². The molecule has 0 aliphatic carbocycles. The second kappa shape index (κ2) is 9.82. The van der Waals surface area contributed by atoms with Crippen LogP contribution in [0.1, 0.15) is 18.9 Å². The summed E-state index contributed by atoms with van der Waals surface area (Å²) in [6, 6.07) is 14.8. The number of amides is 2. The Kier molecular flexibility index (Phi) is 7.48. The molecular weight excluding hydrogens is 352 g/mol. The Morgan fingerprint density at radius 3 is 2.58 bits per heavy atom. The molecule has 0 aliphatic rings. The molecule has 5 nitrogen and oxygen atoms in total. The highest BCUT2D eigenvalue weighted by Gasteiger charge is 2.12. The van der Waals surface area contributed by atoms with E-state index in [4.69, 9.17) is 16.3 Å². The van der Waals surface area contributed by atoms with Crippen LogP contribution in [0, 0.1) is 0 Å². The van der Waals surface area contributed by atoms with Gasteiger partial charge in [-0.15, -0.1) is 0 Å². The third-order valence-corrected chi connectivity index (χ3v) is 4.34. The lowest BCUT2D eigenvalue weighted by atomic mass is 10.1. The van der Waals surface area contributed by atoms with Crippen molar-refractivity contribution in [2.75, 3.05) is 25.5 Å². The number of nitrogens with zero attached hydrogens (tertiary/aromatic N) is 1. The van der Waals surface area contributed by atoms with Crippen LogP contribution in [0.15, 0.2) is 48.5 Å². The van der Waals surface area contributed by atoms with Crippen molar-refractivity contribution >= 4 is 29.1 Å². The second-order valence-corrected chi connectivity index (χ2v) is 6.29. The Bertz CT molecular complexity index is 764. The summed E-state index contributed by atoms with van der Waals surface area (Å²) in [5, 5.41) is 3.26. The van der Waals surface area contributed by atoms with Crippen molar-refractivity contribution < 1.29 is 14.3 Å². The first-order valence-corrected chi connectivity index (χ1v) is 8.80. The SMILES string of the molecule is COc1cccc(CCN(CCC(=O)Nc2ccccc2Cl)C(C)=O)c1. The van der Waals surface area contributed by atoms with E-state index in [0.717, 1.165) is 11.3 Å². The maximum Gasteiger partial charge on any atom is 0.226 e. The minimum atomic E-state index is -0.175. The number of anilines is 1. The number of hydrogen-bond donors (Lipinski definition) is 1. The Labute approximate surface area is 158 Å². The maximum atomic E-state index is 12.1. The molecule has 26 heavy (non-hydrogen) atoms. The predicted octanol–water partition coefficient (Wildman–Crippen LogP) is 3.77. The molecule has 0 spiro atoms. The van der Waals surface area contributed by atoms with Crippen LogP contribution in [0.5, 0.6) is 5.75 Å². The van der Waals surface area contributed by atoms with Crippen LogP contribution in [0.25, 0.3) is 0 Å². The summed E-state index contributed by atoms with van der Waals surface area (Å²) >= 11 is 6.03. The molecule has 0 aromatic heterocycles. The van der Waals surface area contributed by atoms with Gasteiger partial charge in [0.1, 0.15) is 5.75 Å². The van der Waals surface area contributed by atoms with Crippen LogP contribution in [-0.2, 0) is 16.0 Å². The number of rotatable bonds is 8. The molecule has 2 amide bonds. The third kappa shape index (κ3) is 6.08. The molecule has 2 aromatic carbocycles. The smallest absolute Gasteiger partial charge is 0.226 e. The van der Waals surface area contributed by atoms with Gasteiger partial charge >= 0.3 is 0 Å². The molecule has 0 saturated heterocycles. The number of hydrogen-bond acceptors (Lipinski definition) is 3. The highest BCUT2D eigenvalue weighted by atomic mass is 35.5. The molecule has 0 bridgehead atoms. The Morgan fingerprint density at radius 1 is 1.12 bits per heavy atom. The highest BCUT2D eigenvalue weighted by Crippen LogP contribution is 2.20. The van der Waals surface area contributed by atoms with Crippen LogP contribution in [-0.4, -0.2) is 36.9 Å². The van der Waals surface area contributed by atoms with Crippen molar-refractivity contribution in [1.29, 1.82) is 0 Å². The van der Waals surface area contributed by atoms with Crippen molar-refractivity contribution in [1.82, 2.24) is 4.90 Å². The van der Waals surface area contributed by atoms with E-state index in [-0.39, 0.29) is 18.2 Å². The Hall–Kier alpha value is -2.53. The zero-order chi connectivity index (χ0) is 18.9. The fourth-order valence-electron chi connectivity index (χ4n) is 2.53. The van der Waals surface area contributed by atoms with Gasteiger partial charge in [-0.2, -0.15) is 0 Å². The summed E-state index contributed by atoms with van der Waals surface area (Å²) in [7, 11) is 1.62. The largest absolute Gasteiger partial charge is 0.497 e. The lowest BCUT2D eigenvalue weighted by Gasteiger charge is -2.21. The monoisotopic (exact) mass is 374 g/mol. The normalized spacial score (nSPS) is 10.3. The highest BCUT2D eigenvalue weighted by molar-refractivity contribution is 6.33. The topological polar surface area (TPSA) is 58.6 Å². The van der Waals surface area contributed by atoms with Crippen LogP contribution in [0.2, 0.25) is 5.02 Å². The fourth-order valence-corrected chi connectivity index (χ4v) is 2.71. The van der Waals surface area contributed by atoms with Gasteiger partial charge in [0.05, 0.1) is 17.8 Å². The number of benzene rings is 2. The zero-order valence-corrected chi connectivity index (χ0v) is 15.8. The van der Waals surface area contributed by atoms with Crippen molar-refractivity contribution in [2.24, 2.45) is 0 Å². The summed E-state index contributed by atoms with van der Waals surface area (Å²) in [6.45, 7) is 2.41. The van der Waals surface area contributed by atoms with Gasteiger partial charge in [0.2, 0.25) is 11.8 Å². The summed E-state index contributed by atoms with van der Waals surface area (Å²) in [5.41, 5.74) is 1.65. The van der Waals surface area contributed by atoms with Crippen LogP contribution in [0.3, 0.4) is 0 Å². The lowest BCUT2D eigenvalue weighted by molar-refractivity contribution is -0.129. The molecule has 0 heterocycles. The standard InChI is InChI=1S/C20H23ClN2O3/c1-15(24)23(12-10-16-6-5-7-17(14-16)26-2)13-11-20(25)22-19-9-4-3-8-18(19)21/h3-9,14H,10-13H2,1-2H3,(H,22,25). The molecular formula is C20H23ClN2O3. The van der Waals surface area contributed by atoms with Gasteiger partial charge in [0.15, 0.2) is 0 Å². The van der Waals surface area contributed by atoms with Crippen molar-refractivity contribution in [2.45, 2.75) is 19.8 Å². The van der Waals surface area contributed by atoms with E-state index < -0.39 is 0 Å². The first kappa shape index (κ1) is 19.8. The average molecular weight is 375 g/mol. The zero-order valence-electron chi connectivity index (χ0n) is 15.0. The van der Waals surface area contributed by atoms with Crippen molar-refractivity contribution in [3.05, 3.63) is 59.1 Å². The van der Waals surface area contributed by atoms with Crippen molar-refractivity contribution in [3.63, 3.8) is 0 Å². The summed E-state index contributed by atoms with van der Waals surface area (Å²) in [6.07, 6.45) is 0.909. The number of carbonyl (C=O) groups is 2. The lowest BCUT2D eigenvalue weighted by Crippen LogP contribution is -2.33. The molecule has 0 radical (unpaired) electrons. The molecule has 0 aliphatic heterocycles. The van der Waals surface area contributed by atoms with Gasteiger partial charge in [-0.05, 0) is 36.2 Å². The number of nitrogens with one attached hydrogen (secondary N) is 1. The van der Waals surface area contributed by atoms with Gasteiger partial charge in [-0.25, -0.2) is 0 Å². The number of para-hydroxylation sites is 1. The molecule has 2 aromatic rings. The fraction of sp³-hybridized carbons (Fsp3) is 0.300. The molecule has 0 fully saturated rings. The van der Waals surface area contributed by atoms with E-state index >= 15 is 0 Å². The quantitative estimate of drug-likeness (QED) is 0.765. The minimum Gasteiger partial charge on any atom is -0.497 e. The summed E-state index contributed by atoms with van der Waals surface area (Å²) < 4.78 is 5.21. The van der Waals surface area contributed by atoms with Gasteiger partial charge in [0, 0.05) is 26.4 Å². The van der Waals surface area contributed by atoms with Crippen LogP contribution in [0.4, 0.5) is 5.69 Å². The van der Waals surface area contributed by atoms with E-state index in [9.17, 15) is 9.59 Å². The minimum absolute atomic E-state index is 0.0570. The molecule has 0 saturated carbocycles. The number of carbonyl (C=O) groups excluding carboxylic acids is 2. The van der Waals surface area contributed by atoms with E-state index in [0.29, 0.717) is 30.2 Å².